The minimum Gasteiger partial charge on any atom is -0.494 e. The Morgan fingerprint density at radius 2 is 1.91 bits per heavy atom. The highest BCUT2D eigenvalue weighted by molar-refractivity contribution is 5.53. The third kappa shape index (κ3) is 5.78. The van der Waals surface area contributed by atoms with Gasteiger partial charge in [-0.3, -0.25) is 4.90 Å². The van der Waals surface area contributed by atoms with Gasteiger partial charge in [-0.2, -0.15) is 0 Å². The van der Waals surface area contributed by atoms with Crippen LogP contribution < -0.4 is 4.74 Å². The number of ether oxygens (including phenoxy) is 1. The summed E-state index contributed by atoms with van der Waals surface area (Å²) in [7, 11) is 4.15. The Morgan fingerprint density at radius 3 is 2.50 bits per heavy atom. The van der Waals surface area contributed by atoms with Crippen LogP contribution in [0.25, 0.3) is 0 Å². The van der Waals surface area contributed by atoms with Crippen LogP contribution in [0.4, 0.5) is 0 Å². The van der Waals surface area contributed by atoms with E-state index in [2.05, 4.69) is 48.2 Å². The number of likely N-dealkylation sites (tertiary alicyclic amines) is 1. The minimum atomic E-state index is 0.272. The summed E-state index contributed by atoms with van der Waals surface area (Å²) in [5.74, 6) is 1.22. The number of hydrogen-bond donors (Lipinski definition) is 0. The maximum Gasteiger partial charge on any atom is 0.123 e. The van der Waals surface area contributed by atoms with Crippen molar-refractivity contribution in [1.82, 2.24) is 9.80 Å². The zero-order valence-corrected chi connectivity index (χ0v) is 13.8. The van der Waals surface area contributed by atoms with Gasteiger partial charge in [0.1, 0.15) is 12.0 Å². The summed E-state index contributed by atoms with van der Waals surface area (Å²) in [5.41, 5.74) is 1.31. The second kappa shape index (κ2) is 8.91. The standard InChI is InChI=1S/C18H28N2O2/c1-19(2)10-3-13-22-18-6-4-16(5-7-18)14-20-11-8-17(15-21)9-12-20/h4-7,15,17H,3,8-14H2,1-2H3. The quantitative estimate of drug-likeness (QED) is 0.545. The lowest BCUT2D eigenvalue weighted by Gasteiger charge is -2.29. The maximum absolute atomic E-state index is 10.8. The topological polar surface area (TPSA) is 32.8 Å². The van der Waals surface area contributed by atoms with E-state index in [1.54, 1.807) is 0 Å². The molecule has 1 saturated heterocycles. The molecule has 0 unspecified atom stereocenters. The fourth-order valence-electron chi connectivity index (χ4n) is 2.77. The van der Waals surface area contributed by atoms with Gasteiger partial charge in [0.05, 0.1) is 6.61 Å². The van der Waals surface area contributed by atoms with Crippen LogP contribution in [-0.4, -0.2) is 56.4 Å². The molecule has 122 valence electrons. The van der Waals surface area contributed by atoms with E-state index in [0.717, 1.165) is 64.1 Å². The van der Waals surface area contributed by atoms with Crippen molar-refractivity contribution in [2.45, 2.75) is 25.8 Å². The zero-order chi connectivity index (χ0) is 15.8. The van der Waals surface area contributed by atoms with Crippen LogP contribution in [0.2, 0.25) is 0 Å². The van der Waals surface area contributed by atoms with Crippen LogP contribution in [0.3, 0.4) is 0 Å². The van der Waals surface area contributed by atoms with Crippen LogP contribution in [-0.2, 0) is 11.3 Å². The fourth-order valence-corrected chi connectivity index (χ4v) is 2.77. The molecule has 2 rings (SSSR count). The van der Waals surface area contributed by atoms with E-state index in [4.69, 9.17) is 4.74 Å². The highest BCUT2D eigenvalue weighted by Crippen LogP contribution is 2.19. The largest absolute Gasteiger partial charge is 0.494 e. The van der Waals surface area contributed by atoms with E-state index in [1.165, 1.54) is 5.56 Å². The summed E-state index contributed by atoms with van der Waals surface area (Å²) >= 11 is 0. The van der Waals surface area contributed by atoms with Gasteiger partial charge in [0.25, 0.3) is 0 Å². The number of rotatable bonds is 8. The van der Waals surface area contributed by atoms with E-state index >= 15 is 0 Å². The highest BCUT2D eigenvalue weighted by Gasteiger charge is 2.18. The van der Waals surface area contributed by atoms with Crippen molar-refractivity contribution >= 4 is 6.29 Å². The average molecular weight is 304 g/mol. The summed E-state index contributed by atoms with van der Waals surface area (Å²) in [6, 6.07) is 8.41. The first-order valence-corrected chi connectivity index (χ1v) is 8.21. The minimum absolute atomic E-state index is 0.272. The third-order valence-electron chi connectivity index (χ3n) is 4.17. The predicted octanol–water partition coefficient (Wildman–Crippen LogP) is 2.43. The summed E-state index contributed by atoms with van der Waals surface area (Å²) in [6.07, 6.45) is 4.15. The van der Waals surface area contributed by atoms with Crippen molar-refractivity contribution in [2.24, 2.45) is 5.92 Å². The Labute approximate surface area is 134 Å². The number of piperidine rings is 1. The molecule has 1 aliphatic rings. The van der Waals surface area contributed by atoms with Crippen molar-refractivity contribution in [1.29, 1.82) is 0 Å². The number of carbonyl (C=O) groups excluding carboxylic acids is 1. The van der Waals surface area contributed by atoms with Crippen LogP contribution in [0.1, 0.15) is 24.8 Å². The van der Waals surface area contributed by atoms with E-state index in [1.807, 2.05) is 0 Å². The van der Waals surface area contributed by atoms with E-state index < -0.39 is 0 Å². The lowest BCUT2D eigenvalue weighted by atomic mass is 9.98. The molecule has 0 atom stereocenters. The number of benzene rings is 1. The Hall–Kier alpha value is -1.39. The van der Waals surface area contributed by atoms with Crippen LogP contribution in [0, 0.1) is 5.92 Å². The molecule has 1 heterocycles. The summed E-state index contributed by atoms with van der Waals surface area (Å²) in [6.45, 7) is 4.82. The van der Waals surface area contributed by atoms with Crippen molar-refractivity contribution in [3.63, 3.8) is 0 Å². The van der Waals surface area contributed by atoms with Gasteiger partial charge in [0.15, 0.2) is 0 Å². The molecule has 22 heavy (non-hydrogen) atoms. The van der Waals surface area contributed by atoms with Gasteiger partial charge in [-0.1, -0.05) is 12.1 Å². The second-order valence-electron chi connectivity index (χ2n) is 6.40. The van der Waals surface area contributed by atoms with Gasteiger partial charge < -0.3 is 14.4 Å². The first kappa shape index (κ1) is 17.0. The zero-order valence-electron chi connectivity index (χ0n) is 13.8. The molecular formula is C18H28N2O2. The van der Waals surface area contributed by atoms with Gasteiger partial charge >= 0.3 is 0 Å². The second-order valence-corrected chi connectivity index (χ2v) is 6.40. The smallest absolute Gasteiger partial charge is 0.123 e. The number of carbonyl (C=O) groups is 1. The van der Waals surface area contributed by atoms with Gasteiger partial charge in [-0.25, -0.2) is 0 Å². The molecule has 0 bridgehead atoms. The molecule has 0 saturated carbocycles. The lowest BCUT2D eigenvalue weighted by Crippen LogP contribution is -2.33. The molecule has 1 aliphatic heterocycles. The van der Waals surface area contributed by atoms with Crippen molar-refractivity contribution < 1.29 is 9.53 Å². The highest BCUT2D eigenvalue weighted by atomic mass is 16.5. The van der Waals surface area contributed by atoms with E-state index in [0.29, 0.717) is 0 Å². The molecule has 1 aromatic carbocycles. The molecule has 0 aliphatic carbocycles. The SMILES string of the molecule is CN(C)CCCOc1ccc(CN2CCC(C=O)CC2)cc1. The lowest BCUT2D eigenvalue weighted by molar-refractivity contribution is -0.112. The number of aldehydes is 1. The van der Waals surface area contributed by atoms with Crippen LogP contribution >= 0.6 is 0 Å². The maximum atomic E-state index is 10.8. The molecule has 1 fully saturated rings. The molecule has 0 amide bonds. The number of nitrogens with zero attached hydrogens (tertiary/aromatic N) is 2. The first-order valence-electron chi connectivity index (χ1n) is 8.21. The molecule has 1 aromatic rings. The molecular weight excluding hydrogens is 276 g/mol. The summed E-state index contributed by atoms with van der Waals surface area (Å²) < 4.78 is 5.75. The Balaban J connectivity index is 1.71. The molecule has 0 radical (unpaired) electrons. The monoisotopic (exact) mass is 304 g/mol. The average Bonchev–Trinajstić information content (AvgIpc) is 2.54. The molecule has 0 N–H and O–H groups in total. The Kier molecular flexibility index (Phi) is 6.87. The van der Waals surface area contributed by atoms with Crippen LogP contribution in [0.15, 0.2) is 24.3 Å². The molecule has 4 nitrogen and oxygen atoms in total. The molecule has 0 aromatic heterocycles. The summed E-state index contributed by atoms with van der Waals surface area (Å²) in [5, 5.41) is 0. The van der Waals surface area contributed by atoms with Gasteiger partial charge in [0.2, 0.25) is 0 Å². The van der Waals surface area contributed by atoms with E-state index in [-0.39, 0.29) is 5.92 Å². The van der Waals surface area contributed by atoms with Crippen molar-refractivity contribution in [3.8, 4) is 5.75 Å². The Morgan fingerprint density at radius 1 is 1.23 bits per heavy atom. The van der Waals surface area contributed by atoms with Crippen LogP contribution in [0.5, 0.6) is 5.75 Å². The van der Waals surface area contributed by atoms with Gasteiger partial charge in [-0.15, -0.1) is 0 Å². The normalized spacial score (nSPS) is 16.9. The van der Waals surface area contributed by atoms with Gasteiger partial charge in [0, 0.05) is 19.0 Å². The molecule has 4 heteroatoms. The summed E-state index contributed by atoms with van der Waals surface area (Å²) in [4.78, 5) is 15.4. The van der Waals surface area contributed by atoms with Crippen molar-refractivity contribution in [3.05, 3.63) is 29.8 Å². The first-order chi connectivity index (χ1) is 10.7. The van der Waals surface area contributed by atoms with Gasteiger partial charge in [-0.05, 0) is 64.1 Å². The predicted molar refractivity (Wildman–Crippen MR) is 89.2 cm³/mol. The van der Waals surface area contributed by atoms with E-state index in [9.17, 15) is 4.79 Å². The Bertz CT molecular complexity index is 437. The third-order valence-corrected chi connectivity index (χ3v) is 4.17. The fraction of sp³-hybridized carbons (Fsp3) is 0.611. The molecule has 0 spiro atoms. The van der Waals surface area contributed by atoms with Crippen molar-refractivity contribution in [2.75, 3.05) is 40.3 Å². The number of hydrogen-bond acceptors (Lipinski definition) is 4.